The summed E-state index contributed by atoms with van der Waals surface area (Å²) in [6, 6.07) is 7.69. The van der Waals surface area contributed by atoms with E-state index in [1.165, 1.54) is 19.1 Å². The van der Waals surface area contributed by atoms with E-state index in [0.29, 0.717) is 0 Å². The third kappa shape index (κ3) is 5.66. The number of rotatable bonds is 6. The minimum atomic E-state index is -3.67. The molecule has 0 saturated carbocycles. The van der Waals surface area contributed by atoms with E-state index in [9.17, 15) is 18.0 Å². The molecule has 20 heavy (non-hydrogen) atoms. The van der Waals surface area contributed by atoms with Crippen LogP contribution in [-0.2, 0) is 28.9 Å². The summed E-state index contributed by atoms with van der Waals surface area (Å²) in [4.78, 5) is 21.8. The predicted octanol–water partition coefficient (Wildman–Crippen LogP) is 1.08. The highest BCUT2D eigenvalue weighted by molar-refractivity contribution is 7.94. The Balaban J connectivity index is 2.51. The van der Waals surface area contributed by atoms with E-state index >= 15 is 0 Å². The molecule has 0 aromatic heterocycles. The van der Waals surface area contributed by atoms with Crippen molar-refractivity contribution in [3.8, 4) is 0 Å². The van der Waals surface area contributed by atoms with Gasteiger partial charge in [-0.2, -0.15) is 0 Å². The van der Waals surface area contributed by atoms with Gasteiger partial charge in [0.2, 0.25) is 0 Å². The van der Waals surface area contributed by atoms with Crippen LogP contribution in [0.15, 0.2) is 46.7 Å². The summed E-state index contributed by atoms with van der Waals surface area (Å²) in [7, 11) is -3.67. The molecule has 0 aliphatic heterocycles. The molecule has 0 N–H and O–H groups in total. The van der Waals surface area contributed by atoms with Crippen molar-refractivity contribution in [2.45, 2.75) is 11.8 Å². The van der Waals surface area contributed by atoms with Crippen LogP contribution in [0, 0.1) is 0 Å². The van der Waals surface area contributed by atoms with Crippen molar-refractivity contribution in [1.29, 1.82) is 0 Å². The van der Waals surface area contributed by atoms with Gasteiger partial charge in [-0.3, -0.25) is 4.79 Å². The predicted molar refractivity (Wildman–Crippen MR) is 70.4 cm³/mol. The van der Waals surface area contributed by atoms with Gasteiger partial charge in [-0.25, -0.2) is 13.2 Å². The van der Waals surface area contributed by atoms with Gasteiger partial charge in [0.05, 0.1) is 4.90 Å². The Morgan fingerprint density at radius 2 is 1.70 bits per heavy atom. The number of esters is 2. The van der Waals surface area contributed by atoms with Crippen LogP contribution in [0.1, 0.15) is 6.92 Å². The summed E-state index contributed by atoms with van der Waals surface area (Å²) in [6.07, 6.45) is 0.816. The van der Waals surface area contributed by atoms with Crippen molar-refractivity contribution in [3.05, 3.63) is 41.8 Å². The Labute approximate surface area is 116 Å². The first kappa shape index (κ1) is 15.9. The number of hydrogen-bond acceptors (Lipinski definition) is 6. The van der Waals surface area contributed by atoms with Crippen LogP contribution in [0.25, 0.3) is 0 Å². The molecule has 1 aromatic carbocycles. The van der Waals surface area contributed by atoms with Crippen molar-refractivity contribution in [3.63, 3.8) is 0 Å². The van der Waals surface area contributed by atoms with Gasteiger partial charge >= 0.3 is 11.9 Å². The third-order valence-electron chi connectivity index (χ3n) is 2.09. The molecule has 0 heterocycles. The molecule has 0 aliphatic carbocycles. The lowest BCUT2D eigenvalue weighted by molar-refractivity contribution is -0.147. The van der Waals surface area contributed by atoms with Gasteiger partial charge in [-0.1, -0.05) is 18.2 Å². The first-order valence-corrected chi connectivity index (χ1v) is 7.25. The summed E-state index contributed by atoms with van der Waals surface area (Å²) in [5.41, 5.74) is 0. The van der Waals surface area contributed by atoms with Crippen LogP contribution in [0.5, 0.6) is 0 Å². The van der Waals surface area contributed by atoms with Crippen molar-refractivity contribution in [1.82, 2.24) is 0 Å². The zero-order valence-electron chi connectivity index (χ0n) is 10.8. The van der Waals surface area contributed by atoms with E-state index in [1.54, 1.807) is 18.2 Å². The molecule has 7 heteroatoms. The number of hydrogen-bond donors (Lipinski definition) is 0. The number of ether oxygens (including phenoxy) is 2. The highest BCUT2D eigenvalue weighted by Gasteiger charge is 2.10. The smallest absolute Gasteiger partial charge is 0.331 e. The zero-order valence-corrected chi connectivity index (χ0v) is 11.6. The zero-order chi connectivity index (χ0) is 15.0. The Bertz CT molecular complexity index is 589. The lowest BCUT2D eigenvalue weighted by Crippen LogP contribution is -2.11. The fourth-order valence-electron chi connectivity index (χ4n) is 1.21. The third-order valence-corrected chi connectivity index (χ3v) is 3.51. The lowest BCUT2D eigenvalue weighted by atomic mass is 10.4. The fraction of sp³-hybridized carbons (Fsp3) is 0.231. The molecule has 0 amide bonds. The highest BCUT2D eigenvalue weighted by Crippen LogP contribution is 2.10. The summed E-state index contributed by atoms with van der Waals surface area (Å²) in [5, 5.41) is 0.774. The monoisotopic (exact) mass is 298 g/mol. The number of sulfone groups is 1. The maximum Gasteiger partial charge on any atom is 0.331 e. The van der Waals surface area contributed by atoms with Crippen LogP contribution in [0.3, 0.4) is 0 Å². The molecule has 0 atom stereocenters. The maximum atomic E-state index is 11.8. The molecule has 0 unspecified atom stereocenters. The maximum absolute atomic E-state index is 11.8. The molecule has 1 aromatic rings. The second-order valence-electron chi connectivity index (χ2n) is 3.67. The molecular formula is C13H14O6S. The topological polar surface area (TPSA) is 86.7 Å². The van der Waals surface area contributed by atoms with Crippen LogP contribution in [0.4, 0.5) is 0 Å². The Hall–Kier alpha value is -2.15. The molecule has 1 rings (SSSR count). The van der Waals surface area contributed by atoms with E-state index < -0.39 is 21.8 Å². The SMILES string of the molecule is CC(=O)OCCOC(=O)/C=C/S(=O)(=O)c1ccccc1. The van der Waals surface area contributed by atoms with E-state index in [4.69, 9.17) is 0 Å². The average Bonchev–Trinajstić information content (AvgIpc) is 2.42. The molecule has 0 radical (unpaired) electrons. The van der Waals surface area contributed by atoms with Crippen molar-refractivity contribution in [2.75, 3.05) is 13.2 Å². The number of carbonyl (C=O) groups excluding carboxylic acids is 2. The van der Waals surface area contributed by atoms with Crippen molar-refractivity contribution < 1.29 is 27.5 Å². The van der Waals surface area contributed by atoms with E-state index in [1.807, 2.05) is 0 Å². The summed E-state index contributed by atoms with van der Waals surface area (Å²) >= 11 is 0. The Kier molecular flexibility index (Phi) is 5.92. The van der Waals surface area contributed by atoms with Crippen LogP contribution in [0.2, 0.25) is 0 Å². The lowest BCUT2D eigenvalue weighted by Gasteiger charge is -2.02. The molecule has 0 fully saturated rings. The van der Waals surface area contributed by atoms with Crippen LogP contribution in [-0.4, -0.2) is 33.6 Å². The fourth-order valence-corrected chi connectivity index (χ4v) is 2.19. The highest BCUT2D eigenvalue weighted by atomic mass is 32.2. The van der Waals surface area contributed by atoms with Gasteiger partial charge in [0.15, 0.2) is 9.84 Å². The Morgan fingerprint density at radius 1 is 1.10 bits per heavy atom. The number of benzene rings is 1. The van der Waals surface area contributed by atoms with E-state index in [2.05, 4.69) is 9.47 Å². The van der Waals surface area contributed by atoms with Gasteiger partial charge in [0.25, 0.3) is 0 Å². The van der Waals surface area contributed by atoms with Crippen LogP contribution < -0.4 is 0 Å². The van der Waals surface area contributed by atoms with Gasteiger partial charge in [-0.05, 0) is 12.1 Å². The first-order chi connectivity index (χ1) is 9.42. The largest absolute Gasteiger partial charge is 0.462 e. The summed E-state index contributed by atoms with van der Waals surface area (Å²) < 4.78 is 32.8. The van der Waals surface area contributed by atoms with Crippen molar-refractivity contribution >= 4 is 21.8 Å². The van der Waals surface area contributed by atoms with Gasteiger partial charge in [0, 0.05) is 18.4 Å². The van der Waals surface area contributed by atoms with Gasteiger partial charge in [-0.15, -0.1) is 0 Å². The van der Waals surface area contributed by atoms with Crippen molar-refractivity contribution in [2.24, 2.45) is 0 Å². The average molecular weight is 298 g/mol. The second kappa shape index (κ2) is 7.44. The molecule has 0 bridgehead atoms. The minimum absolute atomic E-state index is 0.0691. The molecule has 6 nitrogen and oxygen atoms in total. The molecule has 0 saturated heterocycles. The van der Waals surface area contributed by atoms with Gasteiger partial charge in [0.1, 0.15) is 13.2 Å². The van der Waals surface area contributed by atoms with E-state index in [0.717, 1.165) is 11.5 Å². The standard InChI is InChI=1S/C13H14O6S/c1-11(14)18-8-9-19-13(15)7-10-20(16,17)12-5-3-2-4-6-12/h2-7,10H,8-9H2,1H3/b10-7+. The molecule has 0 aliphatic rings. The minimum Gasteiger partial charge on any atom is -0.462 e. The van der Waals surface area contributed by atoms with E-state index in [-0.39, 0.29) is 18.1 Å². The normalized spacial score (nSPS) is 11.2. The summed E-state index contributed by atoms with van der Waals surface area (Å²) in [5.74, 6) is -1.31. The van der Waals surface area contributed by atoms with Gasteiger partial charge < -0.3 is 9.47 Å². The van der Waals surface area contributed by atoms with Crippen LogP contribution >= 0.6 is 0 Å². The number of carbonyl (C=O) groups is 2. The molecule has 108 valence electrons. The molecule has 0 spiro atoms. The second-order valence-corrected chi connectivity index (χ2v) is 5.50. The summed E-state index contributed by atoms with van der Waals surface area (Å²) in [6.45, 7) is 1.03. The quantitative estimate of drug-likeness (QED) is 0.444. The first-order valence-electron chi connectivity index (χ1n) is 5.70. The Morgan fingerprint density at radius 3 is 2.30 bits per heavy atom. The molecular weight excluding hydrogens is 284 g/mol.